The zero-order valence-corrected chi connectivity index (χ0v) is 18.6. The summed E-state index contributed by atoms with van der Waals surface area (Å²) >= 11 is 3.52. The quantitative estimate of drug-likeness (QED) is 0.465. The summed E-state index contributed by atoms with van der Waals surface area (Å²) in [5.74, 6) is 1.46. The van der Waals surface area contributed by atoms with Crippen LogP contribution < -0.4 is 10.1 Å². The highest BCUT2D eigenvalue weighted by Gasteiger charge is 2.12. The third-order valence-electron chi connectivity index (χ3n) is 4.72. The van der Waals surface area contributed by atoms with Gasteiger partial charge < -0.3 is 14.5 Å². The zero-order chi connectivity index (χ0) is 20.8. The molecule has 7 heteroatoms. The molecule has 0 bridgehead atoms. The van der Waals surface area contributed by atoms with Gasteiger partial charge >= 0.3 is 0 Å². The number of nitrogens with zero attached hydrogens (tertiary/aromatic N) is 2. The Morgan fingerprint density at radius 2 is 1.97 bits per heavy atom. The molecule has 2 heterocycles. The number of halogens is 1. The van der Waals surface area contributed by atoms with E-state index < -0.39 is 0 Å². The van der Waals surface area contributed by atoms with Crippen molar-refractivity contribution in [2.75, 3.05) is 6.54 Å². The average Bonchev–Trinajstić information content (AvgIpc) is 3.31. The molecule has 0 unspecified atom stereocenters. The smallest absolute Gasteiger partial charge is 0.286 e. The zero-order valence-electron chi connectivity index (χ0n) is 17.0. The van der Waals surface area contributed by atoms with Gasteiger partial charge in [0.2, 0.25) is 0 Å². The number of amides is 1. The van der Waals surface area contributed by atoms with E-state index in [1.54, 1.807) is 12.1 Å². The van der Waals surface area contributed by atoms with Crippen molar-refractivity contribution in [3.63, 3.8) is 0 Å². The molecule has 0 aliphatic rings. The molecule has 3 aromatic rings. The summed E-state index contributed by atoms with van der Waals surface area (Å²) in [6, 6.07) is 11.4. The highest BCUT2D eigenvalue weighted by atomic mass is 79.9. The molecule has 3 rings (SSSR count). The van der Waals surface area contributed by atoms with Crippen LogP contribution in [0.4, 0.5) is 0 Å². The van der Waals surface area contributed by atoms with Crippen molar-refractivity contribution in [1.29, 1.82) is 0 Å². The molecule has 0 aliphatic carbocycles. The summed E-state index contributed by atoms with van der Waals surface area (Å²) in [6.45, 7) is 7.67. The molecule has 29 heavy (non-hydrogen) atoms. The molecule has 0 spiro atoms. The van der Waals surface area contributed by atoms with Crippen molar-refractivity contribution in [1.82, 2.24) is 15.1 Å². The summed E-state index contributed by atoms with van der Waals surface area (Å²) in [4.78, 5) is 12.3. The lowest BCUT2D eigenvalue weighted by molar-refractivity contribution is 0.0920. The molecular weight excluding hydrogens is 434 g/mol. The maximum absolute atomic E-state index is 12.3. The van der Waals surface area contributed by atoms with E-state index in [-0.39, 0.29) is 12.5 Å². The molecule has 1 aromatic carbocycles. The monoisotopic (exact) mass is 459 g/mol. The fraction of sp³-hybridized carbons (Fsp3) is 0.364. The number of nitrogens with one attached hydrogen (secondary N) is 1. The van der Waals surface area contributed by atoms with Crippen LogP contribution in [0.15, 0.2) is 45.3 Å². The van der Waals surface area contributed by atoms with E-state index in [0.29, 0.717) is 18.1 Å². The normalized spacial score (nSPS) is 10.9. The fourth-order valence-electron chi connectivity index (χ4n) is 2.96. The van der Waals surface area contributed by atoms with Crippen molar-refractivity contribution in [3.05, 3.63) is 69.3 Å². The van der Waals surface area contributed by atoms with Gasteiger partial charge in [-0.1, -0.05) is 19.1 Å². The number of aryl methyl sites for hydroxylation is 3. The van der Waals surface area contributed by atoms with Gasteiger partial charge in [0.15, 0.2) is 5.76 Å². The van der Waals surface area contributed by atoms with Gasteiger partial charge in [-0.2, -0.15) is 5.10 Å². The highest BCUT2D eigenvalue weighted by molar-refractivity contribution is 9.10. The van der Waals surface area contributed by atoms with Crippen LogP contribution in [0.5, 0.6) is 5.75 Å². The average molecular weight is 460 g/mol. The highest BCUT2D eigenvalue weighted by Crippen LogP contribution is 2.20. The van der Waals surface area contributed by atoms with Gasteiger partial charge in [0.25, 0.3) is 5.91 Å². The molecule has 2 aromatic heterocycles. The number of carbonyl (C=O) groups excluding carboxylic acids is 1. The number of aromatic nitrogens is 2. The van der Waals surface area contributed by atoms with Crippen molar-refractivity contribution >= 4 is 21.8 Å². The summed E-state index contributed by atoms with van der Waals surface area (Å²) in [5.41, 5.74) is 3.33. The Morgan fingerprint density at radius 3 is 2.62 bits per heavy atom. The summed E-state index contributed by atoms with van der Waals surface area (Å²) in [6.07, 6.45) is 1.78. The summed E-state index contributed by atoms with van der Waals surface area (Å²) in [7, 11) is 0. The lowest BCUT2D eigenvalue weighted by Crippen LogP contribution is -2.25. The Bertz CT molecular complexity index is 960. The number of furan rings is 1. The minimum Gasteiger partial charge on any atom is -0.486 e. The Labute approximate surface area is 179 Å². The molecule has 6 nitrogen and oxygen atoms in total. The Hall–Kier alpha value is -2.54. The maximum atomic E-state index is 12.3. The van der Waals surface area contributed by atoms with E-state index in [9.17, 15) is 4.79 Å². The number of benzene rings is 1. The van der Waals surface area contributed by atoms with Gasteiger partial charge in [0.1, 0.15) is 18.1 Å². The van der Waals surface area contributed by atoms with Crippen LogP contribution in [0.2, 0.25) is 0 Å². The largest absolute Gasteiger partial charge is 0.486 e. The molecular formula is C22H26BrN3O3. The summed E-state index contributed by atoms with van der Waals surface area (Å²) < 4.78 is 14.3. The Kier molecular flexibility index (Phi) is 7.14. The molecule has 0 aliphatic heterocycles. The van der Waals surface area contributed by atoms with E-state index in [1.165, 1.54) is 5.56 Å². The topological polar surface area (TPSA) is 69.3 Å². The first kappa shape index (κ1) is 21.2. The molecule has 1 N–H and O–H groups in total. The fourth-order valence-corrected chi connectivity index (χ4v) is 3.25. The second-order valence-electron chi connectivity index (χ2n) is 6.87. The van der Waals surface area contributed by atoms with E-state index in [2.05, 4.69) is 33.3 Å². The predicted molar refractivity (Wildman–Crippen MR) is 115 cm³/mol. The Morgan fingerprint density at radius 1 is 1.21 bits per heavy atom. The number of rotatable bonds is 9. The maximum Gasteiger partial charge on any atom is 0.286 e. The molecule has 0 saturated heterocycles. The van der Waals surface area contributed by atoms with Crippen LogP contribution in [0.3, 0.4) is 0 Å². The van der Waals surface area contributed by atoms with Crippen LogP contribution in [0, 0.1) is 13.8 Å². The van der Waals surface area contributed by atoms with Gasteiger partial charge in [-0.3, -0.25) is 9.48 Å². The molecule has 0 radical (unpaired) electrons. The molecule has 0 fully saturated rings. The Balaban J connectivity index is 1.43. The first-order valence-corrected chi connectivity index (χ1v) is 10.6. The first-order valence-electron chi connectivity index (χ1n) is 9.76. The van der Waals surface area contributed by atoms with Gasteiger partial charge in [-0.15, -0.1) is 0 Å². The SMILES string of the molecule is CCc1ccc(OCc2ccc(C(=O)NCCCn3nc(C)c(Br)c3C)o2)cc1. The van der Waals surface area contributed by atoms with E-state index in [4.69, 9.17) is 9.15 Å². The van der Waals surface area contributed by atoms with Crippen LogP contribution >= 0.6 is 15.9 Å². The second kappa shape index (κ2) is 9.78. The van der Waals surface area contributed by atoms with Crippen LogP contribution in [0.25, 0.3) is 0 Å². The molecule has 0 saturated carbocycles. The van der Waals surface area contributed by atoms with Crippen LogP contribution in [0.1, 0.15) is 46.6 Å². The third kappa shape index (κ3) is 5.50. The van der Waals surface area contributed by atoms with Gasteiger partial charge in [-0.05, 0) is 72.4 Å². The van der Waals surface area contributed by atoms with Gasteiger partial charge in [-0.25, -0.2) is 0 Å². The van der Waals surface area contributed by atoms with Crippen molar-refractivity contribution in [3.8, 4) is 5.75 Å². The van der Waals surface area contributed by atoms with E-state index in [1.807, 2.05) is 42.8 Å². The number of carbonyl (C=O) groups is 1. The minimum absolute atomic E-state index is 0.224. The molecule has 0 atom stereocenters. The minimum atomic E-state index is -0.224. The summed E-state index contributed by atoms with van der Waals surface area (Å²) in [5, 5.41) is 7.35. The lowest BCUT2D eigenvalue weighted by Gasteiger charge is -2.06. The van der Waals surface area contributed by atoms with Gasteiger partial charge in [0, 0.05) is 18.8 Å². The van der Waals surface area contributed by atoms with E-state index >= 15 is 0 Å². The second-order valence-corrected chi connectivity index (χ2v) is 7.66. The first-order chi connectivity index (χ1) is 14.0. The van der Waals surface area contributed by atoms with Crippen LogP contribution in [-0.2, 0) is 19.6 Å². The molecule has 1 amide bonds. The van der Waals surface area contributed by atoms with Gasteiger partial charge in [0.05, 0.1) is 10.2 Å². The van der Waals surface area contributed by atoms with Crippen LogP contribution in [-0.4, -0.2) is 22.2 Å². The van der Waals surface area contributed by atoms with E-state index in [0.717, 1.165) is 41.0 Å². The number of hydrogen-bond acceptors (Lipinski definition) is 4. The predicted octanol–water partition coefficient (Wildman–Crippen LogP) is 4.82. The standard InChI is InChI=1S/C22H26BrN3O3/c1-4-17-6-8-18(9-7-17)28-14-19-10-11-20(29-19)22(27)24-12-5-13-26-16(3)21(23)15(2)25-26/h6-11H,4-5,12-14H2,1-3H3,(H,24,27). The van der Waals surface area contributed by atoms with Crippen molar-refractivity contribution in [2.24, 2.45) is 0 Å². The van der Waals surface area contributed by atoms with Crippen molar-refractivity contribution < 1.29 is 13.9 Å². The number of ether oxygens (including phenoxy) is 1. The number of hydrogen-bond donors (Lipinski definition) is 1. The molecule has 154 valence electrons. The van der Waals surface area contributed by atoms with Crippen molar-refractivity contribution in [2.45, 2.75) is 46.8 Å². The lowest BCUT2D eigenvalue weighted by atomic mass is 10.2. The third-order valence-corrected chi connectivity index (χ3v) is 5.87.